The van der Waals surface area contributed by atoms with Crippen LogP contribution < -0.4 is 0 Å². The molecule has 6 heteroatoms. The molecule has 0 amide bonds. The summed E-state index contributed by atoms with van der Waals surface area (Å²) in [6, 6.07) is 5.56. The van der Waals surface area contributed by atoms with Gasteiger partial charge in [0.25, 0.3) is 0 Å². The summed E-state index contributed by atoms with van der Waals surface area (Å²) in [5, 5.41) is 0. The predicted octanol–water partition coefficient (Wildman–Crippen LogP) is 8.41. The second-order valence-electron chi connectivity index (χ2n) is 9.81. The molecule has 0 radical (unpaired) electrons. The fraction of sp³-hybridized carbons (Fsp3) is 0.517. The van der Waals surface area contributed by atoms with Gasteiger partial charge in [-0.1, -0.05) is 43.7 Å². The minimum Gasteiger partial charge on any atom is -0.378 e. The highest BCUT2D eigenvalue weighted by molar-refractivity contribution is 5.66. The predicted molar refractivity (Wildman–Crippen MR) is 129 cm³/mol. The Kier molecular flexibility index (Phi) is 8.66. The number of hydrogen-bond donors (Lipinski definition) is 0. The number of halogens is 4. The summed E-state index contributed by atoms with van der Waals surface area (Å²) in [5.41, 5.74) is -0.243. The molecule has 2 aromatic rings. The number of hydrogen-bond acceptors (Lipinski definition) is 2. The van der Waals surface area contributed by atoms with Gasteiger partial charge in [0.1, 0.15) is 0 Å². The SMILES string of the molecule is C=CCCC1CCC(c2ccc(-c3ccc(C4CCC(CCC)CO4)c(F)c3F)c(F)c2F)CO1. The van der Waals surface area contributed by atoms with E-state index in [1.807, 2.05) is 6.08 Å². The van der Waals surface area contributed by atoms with Crippen LogP contribution >= 0.6 is 0 Å². The van der Waals surface area contributed by atoms with E-state index in [4.69, 9.17) is 9.47 Å². The van der Waals surface area contributed by atoms with Crippen LogP contribution in [-0.2, 0) is 9.47 Å². The van der Waals surface area contributed by atoms with E-state index in [0.717, 1.165) is 38.5 Å². The molecule has 2 saturated heterocycles. The average molecular weight is 491 g/mol. The second-order valence-corrected chi connectivity index (χ2v) is 9.81. The summed E-state index contributed by atoms with van der Waals surface area (Å²) in [6.07, 6.45) is 8.14. The van der Waals surface area contributed by atoms with Crippen LogP contribution in [-0.4, -0.2) is 19.3 Å². The Morgan fingerprint density at radius 1 is 0.800 bits per heavy atom. The molecule has 0 N–H and O–H groups in total. The Bertz CT molecular complexity index is 1020. The van der Waals surface area contributed by atoms with E-state index in [9.17, 15) is 0 Å². The first-order valence-corrected chi connectivity index (χ1v) is 12.7. The van der Waals surface area contributed by atoms with Crippen LogP contribution in [0.1, 0.15) is 81.4 Å². The summed E-state index contributed by atoms with van der Waals surface area (Å²) in [5.74, 6) is -4.27. The molecule has 190 valence electrons. The van der Waals surface area contributed by atoms with E-state index >= 15 is 17.6 Å². The van der Waals surface area contributed by atoms with Gasteiger partial charge in [0.2, 0.25) is 0 Å². The monoisotopic (exact) mass is 490 g/mol. The molecule has 2 aliphatic heterocycles. The molecule has 0 spiro atoms. The van der Waals surface area contributed by atoms with Crippen molar-refractivity contribution in [2.45, 2.75) is 76.4 Å². The molecular formula is C29H34F4O2. The maximum Gasteiger partial charge on any atom is 0.167 e. The van der Waals surface area contributed by atoms with Crippen molar-refractivity contribution in [1.29, 1.82) is 0 Å². The minimum absolute atomic E-state index is 0.0951. The van der Waals surface area contributed by atoms with Crippen molar-refractivity contribution in [1.82, 2.24) is 0 Å². The second kappa shape index (κ2) is 11.7. The number of rotatable bonds is 8. The highest BCUT2D eigenvalue weighted by Crippen LogP contribution is 2.39. The van der Waals surface area contributed by atoms with Gasteiger partial charge in [0.15, 0.2) is 23.3 Å². The molecule has 35 heavy (non-hydrogen) atoms. The van der Waals surface area contributed by atoms with E-state index in [2.05, 4.69) is 13.5 Å². The molecule has 4 unspecified atom stereocenters. The lowest BCUT2D eigenvalue weighted by molar-refractivity contribution is -0.0214. The molecule has 0 saturated carbocycles. The molecule has 2 fully saturated rings. The van der Waals surface area contributed by atoms with Crippen LogP contribution in [0, 0.1) is 29.2 Å². The Morgan fingerprint density at radius 3 is 2.06 bits per heavy atom. The molecule has 0 aromatic heterocycles. The third-order valence-corrected chi connectivity index (χ3v) is 7.43. The van der Waals surface area contributed by atoms with Crippen molar-refractivity contribution >= 4 is 0 Å². The third-order valence-electron chi connectivity index (χ3n) is 7.43. The number of ether oxygens (including phenoxy) is 2. The standard InChI is InChI=1S/C29H34F4O2/c1-3-5-7-20-10-9-19(17-34-20)21-11-12-22(27(31)26(21)30)23-13-14-24(29(33)28(23)32)25-15-8-18(6-4-2)16-35-25/h3,11-14,18-20,25H,1,4-10,15-17H2,2H3. The first-order valence-electron chi connectivity index (χ1n) is 12.7. The minimum atomic E-state index is -1.18. The van der Waals surface area contributed by atoms with Gasteiger partial charge in [-0.05, 0) is 56.4 Å². The van der Waals surface area contributed by atoms with Crippen LogP contribution in [0.2, 0.25) is 0 Å². The van der Waals surface area contributed by atoms with Gasteiger partial charge in [0, 0.05) is 22.6 Å². The molecular weight excluding hydrogens is 456 g/mol. The Morgan fingerprint density at radius 2 is 1.49 bits per heavy atom. The lowest BCUT2D eigenvalue weighted by Gasteiger charge is -2.30. The van der Waals surface area contributed by atoms with Crippen molar-refractivity contribution in [3.8, 4) is 11.1 Å². The van der Waals surface area contributed by atoms with Gasteiger partial charge >= 0.3 is 0 Å². The molecule has 2 nitrogen and oxygen atoms in total. The van der Waals surface area contributed by atoms with E-state index in [0.29, 0.717) is 32.0 Å². The Labute approximate surface area is 205 Å². The van der Waals surface area contributed by atoms with Crippen molar-refractivity contribution in [2.24, 2.45) is 5.92 Å². The van der Waals surface area contributed by atoms with Crippen LogP contribution in [0.4, 0.5) is 17.6 Å². The molecule has 2 heterocycles. The molecule has 2 aromatic carbocycles. The zero-order valence-corrected chi connectivity index (χ0v) is 20.3. The number of benzene rings is 2. The third kappa shape index (κ3) is 5.64. The van der Waals surface area contributed by atoms with Crippen LogP contribution in [0.25, 0.3) is 11.1 Å². The first-order chi connectivity index (χ1) is 16.9. The quantitative estimate of drug-likeness (QED) is 0.273. The van der Waals surface area contributed by atoms with Gasteiger partial charge in [0.05, 0.1) is 25.4 Å². The zero-order chi connectivity index (χ0) is 24.9. The molecule has 2 aliphatic rings. The van der Waals surface area contributed by atoms with Crippen molar-refractivity contribution in [3.05, 3.63) is 71.3 Å². The summed E-state index contributed by atoms with van der Waals surface area (Å²) < 4.78 is 71.9. The van der Waals surface area contributed by atoms with E-state index < -0.39 is 29.4 Å². The van der Waals surface area contributed by atoms with Crippen molar-refractivity contribution < 1.29 is 27.0 Å². The first kappa shape index (κ1) is 25.9. The molecule has 4 atom stereocenters. The summed E-state index contributed by atoms with van der Waals surface area (Å²) in [6.45, 7) is 6.63. The summed E-state index contributed by atoms with van der Waals surface area (Å²) in [4.78, 5) is 0. The fourth-order valence-corrected chi connectivity index (χ4v) is 5.38. The summed E-state index contributed by atoms with van der Waals surface area (Å²) >= 11 is 0. The maximum absolute atomic E-state index is 15.1. The van der Waals surface area contributed by atoms with E-state index in [1.165, 1.54) is 24.3 Å². The van der Waals surface area contributed by atoms with Crippen LogP contribution in [0.3, 0.4) is 0 Å². The van der Waals surface area contributed by atoms with Gasteiger partial charge in [-0.3, -0.25) is 0 Å². The highest BCUT2D eigenvalue weighted by atomic mass is 19.2. The van der Waals surface area contributed by atoms with Crippen molar-refractivity contribution in [2.75, 3.05) is 13.2 Å². The highest BCUT2D eigenvalue weighted by Gasteiger charge is 2.30. The molecule has 4 rings (SSSR count). The topological polar surface area (TPSA) is 18.5 Å². The van der Waals surface area contributed by atoms with E-state index in [1.54, 1.807) is 0 Å². The average Bonchev–Trinajstić information content (AvgIpc) is 2.87. The van der Waals surface area contributed by atoms with Gasteiger partial charge in [-0.2, -0.15) is 0 Å². The Hall–Kier alpha value is -2.18. The molecule has 0 bridgehead atoms. The number of allylic oxidation sites excluding steroid dienone is 1. The van der Waals surface area contributed by atoms with E-state index in [-0.39, 0.29) is 34.3 Å². The van der Waals surface area contributed by atoms with Crippen LogP contribution in [0.5, 0.6) is 0 Å². The largest absolute Gasteiger partial charge is 0.378 e. The normalized spacial score (nSPS) is 24.9. The van der Waals surface area contributed by atoms with Crippen LogP contribution in [0.15, 0.2) is 36.9 Å². The summed E-state index contributed by atoms with van der Waals surface area (Å²) in [7, 11) is 0. The maximum atomic E-state index is 15.1. The fourth-order valence-electron chi connectivity index (χ4n) is 5.38. The van der Waals surface area contributed by atoms with Gasteiger partial charge < -0.3 is 9.47 Å². The smallest absolute Gasteiger partial charge is 0.167 e. The lowest BCUT2D eigenvalue weighted by Crippen LogP contribution is -2.25. The zero-order valence-electron chi connectivity index (χ0n) is 20.3. The lowest BCUT2D eigenvalue weighted by atomic mass is 9.88. The molecule has 0 aliphatic carbocycles. The van der Waals surface area contributed by atoms with Gasteiger partial charge in [-0.15, -0.1) is 6.58 Å². The van der Waals surface area contributed by atoms with Gasteiger partial charge in [-0.25, -0.2) is 17.6 Å². The Balaban J connectivity index is 1.51. The van der Waals surface area contributed by atoms with Crippen molar-refractivity contribution in [3.63, 3.8) is 0 Å².